The second-order valence-corrected chi connectivity index (χ2v) is 8.42. The first-order chi connectivity index (χ1) is 12.3. The summed E-state index contributed by atoms with van der Waals surface area (Å²) in [5.74, 6) is 0. The maximum absolute atomic E-state index is 10.8. The van der Waals surface area contributed by atoms with Crippen LogP contribution in [0.4, 0.5) is 0 Å². The van der Waals surface area contributed by atoms with Gasteiger partial charge in [-0.25, -0.2) is 33.7 Å². The van der Waals surface area contributed by atoms with Gasteiger partial charge in [-0.15, -0.1) is 0 Å². The van der Waals surface area contributed by atoms with Crippen molar-refractivity contribution < 1.29 is 611 Å². The van der Waals surface area contributed by atoms with Crippen LogP contribution < -0.4 is 532 Å². The minimum Gasteiger partial charge on any atom is -0.726 e. The summed E-state index contributed by atoms with van der Waals surface area (Å²) in [6, 6.07) is 0. The molecule has 0 radical (unpaired) electrons. The van der Waals surface area contributed by atoms with Crippen molar-refractivity contribution in [2.45, 2.75) is 24.4 Å². The summed E-state index contributed by atoms with van der Waals surface area (Å²) in [4.78, 5) is 0. The van der Waals surface area contributed by atoms with Crippen molar-refractivity contribution in [2.24, 2.45) is 0 Å². The van der Waals surface area contributed by atoms with E-state index in [0.717, 1.165) is 0 Å². The molecule has 0 heterocycles. The molecule has 0 aliphatic carbocycles. The number of aliphatic hydroxyl groups is 2. The van der Waals surface area contributed by atoms with E-state index in [2.05, 4.69) is 16.7 Å². The van der Waals surface area contributed by atoms with Gasteiger partial charge in [-0.2, -0.15) is 0 Å². The van der Waals surface area contributed by atoms with E-state index in [9.17, 15) is 51.9 Å². The Morgan fingerprint density at radius 1 is 0.348 bits per heavy atom. The first kappa shape index (κ1) is 125. The van der Waals surface area contributed by atoms with Crippen molar-refractivity contribution in [3.8, 4) is 0 Å². The Balaban J connectivity index is -0.0000000238. The smallest absolute Gasteiger partial charge is 0.726 e. The Bertz CT molecular complexity index is 879. The van der Waals surface area contributed by atoms with Crippen LogP contribution in [0.2, 0.25) is 0 Å². The molecule has 40 heteroatoms. The van der Waals surface area contributed by atoms with Crippen LogP contribution in [0.1, 0.15) is 0 Å². The second-order valence-electron chi connectivity index (χ2n) is 4.39. The molecule has 170 valence electrons. The molecule has 0 aromatic heterocycles. The van der Waals surface area contributed by atoms with E-state index in [1.807, 2.05) is 0 Å². The van der Waals surface area contributed by atoms with E-state index in [-0.39, 0.29) is 532 Å². The molecule has 0 aliphatic rings. The van der Waals surface area contributed by atoms with Gasteiger partial charge in [-0.3, -0.25) is 16.7 Å². The van der Waals surface area contributed by atoms with E-state index in [0.29, 0.717) is 0 Å². The number of hydrogen-bond acceptors (Lipinski definition) is 18. The third-order valence-corrected chi connectivity index (χ3v) is 4.24. The van der Waals surface area contributed by atoms with Crippen LogP contribution in [0.15, 0.2) is 0 Å². The largest absolute Gasteiger partial charge is 1.00 e. The van der Waals surface area contributed by atoms with Gasteiger partial charge in [-0.1, -0.05) is 0 Å². The minimum absolute atomic E-state index is 0. The zero-order valence-electron chi connectivity index (χ0n) is 30.8. The van der Waals surface area contributed by atoms with Gasteiger partial charge in [0.15, 0.2) is 0 Å². The van der Waals surface area contributed by atoms with Crippen molar-refractivity contribution in [3.63, 3.8) is 0 Å². The molecule has 4 atom stereocenters. The molecule has 0 saturated carbocycles. The van der Waals surface area contributed by atoms with Gasteiger partial charge in [0.1, 0.15) is 24.4 Å². The summed E-state index contributed by atoms with van der Waals surface area (Å²) in [7, 11) is -23.7. The molecule has 2 N–H and O–H groups in total. The molecule has 0 aromatic carbocycles. The number of hydrogen-bond donors (Lipinski definition) is 2. The Kier molecular flexibility index (Phi) is 182. The maximum Gasteiger partial charge on any atom is 1.00 e. The molecule has 0 aliphatic heterocycles. The van der Waals surface area contributed by atoms with E-state index in [1.165, 1.54) is 0 Å². The average Bonchev–Trinajstić information content (AvgIpc) is 2.42. The van der Waals surface area contributed by atoms with E-state index in [1.54, 1.807) is 0 Å². The van der Waals surface area contributed by atoms with Gasteiger partial charge in [0.2, 0.25) is 41.6 Å². The first-order valence-electron chi connectivity index (χ1n) is 6.06. The standard InChI is InChI=1S/C6H14O18S4.18Na/c7-1-3(21-25(9,10)11)5(23-27(15,16)17)6(24-28(18,19)20)4(2-8)22-26(12,13)14;;;;;;;;;;;;;;;;;;/h3-8H,1-2H2,(H,9,10,11)(H,12,13,14)(H,15,16,17)(H,18,19,20);;;;;;;;;;;;;;;;;;/q;18*+1/p-4/t3-,4+,5+,6-;;;;;;;;;;;;;;;;;;. The quantitative estimate of drug-likeness (QED) is 0.0985. The molecule has 0 unspecified atom stereocenters. The molecule has 0 bridgehead atoms. The summed E-state index contributed by atoms with van der Waals surface area (Å²) in [5, 5.41) is 18.0. The fourth-order valence-corrected chi connectivity index (χ4v) is 3.57. The molecule has 0 saturated heterocycles. The van der Waals surface area contributed by atoms with E-state index in [4.69, 9.17) is 10.2 Å². The minimum atomic E-state index is -6.00. The first-order valence-corrected chi connectivity index (χ1v) is 11.4. The van der Waals surface area contributed by atoms with Crippen LogP contribution in [0, 0.1) is 0 Å². The zero-order valence-corrected chi connectivity index (χ0v) is 70.0. The van der Waals surface area contributed by atoms with Crippen LogP contribution in [0.3, 0.4) is 0 Å². The zero-order chi connectivity index (χ0) is 22.6. The molecular weight excluding hydrogens is 902 g/mol. The van der Waals surface area contributed by atoms with Gasteiger partial charge >= 0.3 is 532 Å². The van der Waals surface area contributed by atoms with Crippen molar-refractivity contribution in [3.05, 3.63) is 0 Å². The number of aliphatic hydroxyl groups excluding tert-OH is 2. The van der Waals surface area contributed by atoms with Gasteiger partial charge in [-0.05, 0) is 0 Å². The Hall–Kier alpha value is 17.4. The van der Waals surface area contributed by atoms with Crippen LogP contribution in [0.25, 0.3) is 0 Å². The Morgan fingerprint density at radius 3 is 0.565 bits per heavy atom. The van der Waals surface area contributed by atoms with Crippen molar-refractivity contribution >= 4 is 41.6 Å². The topological polar surface area (TPSA) is 306 Å². The predicted octanol–water partition coefficient (Wildman–Crippen LogP) is -59.6. The Morgan fingerprint density at radius 2 is 0.478 bits per heavy atom. The fraction of sp³-hybridized carbons (Fsp3) is 1.00. The maximum atomic E-state index is 10.8. The average molecular weight is 912 g/mol. The summed E-state index contributed by atoms with van der Waals surface area (Å²) >= 11 is 0. The molecule has 0 spiro atoms. The molecule has 18 nitrogen and oxygen atoms in total. The molecule has 0 aromatic rings. The SMILES string of the molecule is O=S(=O)([O-])O[C@H]([C@H](OS(=O)(=O)[O-])[C@H](CO)OS(=O)(=O)[O-])[C@@H](CO)OS(=O)(=O)[O-].[Na+].[Na+].[Na+].[Na+].[Na+].[Na+].[Na+].[Na+].[Na+].[Na+].[Na+].[Na+].[Na+].[Na+].[Na+].[Na+].[Na+].[Na+]. The summed E-state index contributed by atoms with van der Waals surface area (Å²) in [5.41, 5.74) is 0. The monoisotopic (exact) mass is 912 g/mol. The molecule has 0 rings (SSSR count). The Labute approximate surface area is 669 Å². The van der Waals surface area contributed by atoms with Crippen molar-refractivity contribution in [1.82, 2.24) is 0 Å². The second kappa shape index (κ2) is 66.7. The molecule has 0 fully saturated rings. The van der Waals surface area contributed by atoms with Gasteiger partial charge in [0.25, 0.3) is 0 Å². The van der Waals surface area contributed by atoms with Crippen LogP contribution >= 0.6 is 0 Å². The molecule has 0 amide bonds. The predicted molar refractivity (Wildman–Crippen MR) is 72.5 cm³/mol. The normalized spacial score (nSPS) is 11.2. The van der Waals surface area contributed by atoms with Gasteiger partial charge < -0.3 is 28.4 Å². The van der Waals surface area contributed by atoms with Crippen LogP contribution in [-0.2, 0) is 58.3 Å². The van der Waals surface area contributed by atoms with Gasteiger partial charge in [0, 0.05) is 0 Å². The van der Waals surface area contributed by atoms with Crippen LogP contribution in [-0.4, -0.2) is 99.7 Å². The van der Waals surface area contributed by atoms with Crippen molar-refractivity contribution in [1.29, 1.82) is 0 Å². The third kappa shape index (κ3) is 78.6. The fourth-order valence-electron chi connectivity index (χ4n) is 1.61. The summed E-state index contributed by atoms with van der Waals surface area (Å²) < 4.78 is 143. The summed E-state index contributed by atoms with van der Waals surface area (Å²) in [6.45, 7) is -3.49. The number of rotatable bonds is 13. The third-order valence-electron chi connectivity index (χ3n) is 2.36. The van der Waals surface area contributed by atoms with E-state index < -0.39 is 79.2 Å². The van der Waals surface area contributed by atoms with Gasteiger partial charge in [0.05, 0.1) is 13.2 Å². The summed E-state index contributed by atoms with van der Waals surface area (Å²) in [6.07, 6.45) is -11.9. The van der Waals surface area contributed by atoms with Crippen molar-refractivity contribution in [2.75, 3.05) is 13.2 Å². The van der Waals surface area contributed by atoms with E-state index >= 15 is 0 Å². The van der Waals surface area contributed by atoms with Crippen LogP contribution in [0.5, 0.6) is 0 Å². The molecule has 46 heavy (non-hydrogen) atoms. The molecular formula is C6H10Na18O18S4+14.